The minimum Gasteiger partial charge on any atom is -0.380 e. The van der Waals surface area contributed by atoms with Crippen molar-refractivity contribution < 1.29 is 4.74 Å². The molecule has 0 aromatic carbocycles. The quantitative estimate of drug-likeness (QED) is 0.704. The van der Waals surface area contributed by atoms with Crippen LogP contribution in [0.25, 0.3) is 0 Å². The Morgan fingerprint density at radius 2 is 2.13 bits per heavy atom. The highest BCUT2D eigenvalue weighted by Crippen LogP contribution is 2.25. The van der Waals surface area contributed by atoms with Gasteiger partial charge in [-0.3, -0.25) is 4.90 Å². The van der Waals surface area contributed by atoms with Gasteiger partial charge in [-0.1, -0.05) is 6.92 Å². The van der Waals surface area contributed by atoms with E-state index >= 15 is 0 Å². The van der Waals surface area contributed by atoms with E-state index in [-0.39, 0.29) is 0 Å². The van der Waals surface area contributed by atoms with Crippen molar-refractivity contribution >= 4 is 0 Å². The molecule has 0 aromatic heterocycles. The average molecular weight is 214 g/mol. The summed E-state index contributed by atoms with van der Waals surface area (Å²) in [4.78, 5) is 2.37. The van der Waals surface area contributed by atoms with Gasteiger partial charge < -0.3 is 10.5 Å². The highest BCUT2D eigenvalue weighted by molar-refractivity contribution is 4.87. The second-order valence-corrected chi connectivity index (χ2v) is 4.83. The fourth-order valence-corrected chi connectivity index (χ4v) is 2.40. The molecule has 0 aromatic rings. The molecule has 0 heterocycles. The van der Waals surface area contributed by atoms with E-state index in [0.717, 1.165) is 25.7 Å². The van der Waals surface area contributed by atoms with Gasteiger partial charge in [0.25, 0.3) is 0 Å². The lowest BCUT2D eigenvalue weighted by Crippen LogP contribution is -2.50. The van der Waals surface area contributed by atoms with Gasteiger partial charge in [-0.25, -0.2) is 0 Å². The molecule has 1 fully saturated rings. The normalized spacial score (nSPS) is 32.2. The van der Waals surface area contributed by atoms with Crippen molar-refractivity contribution in [1.82, 2.24) is 4.90 Å². The molecular formula is C12H26N2O. The molecular weight excluding hydrogens is 188 g/mol. The molecule has 1 rings (SSSR count). The van der Waals surface area contributed by atoms with Crippen molar-refractivity contribution in [3.63, 3.8) is 0 Å². The monoisotopic (exact) mass is 214 g/mol. The van der Waals surface area contributed by atoms with Crippen LogP contribution in [0, 0.1) is 5.92 Å². The largest absolute Gasteiger partial charge is 0.380 e. The van der Waals surface area contributed by atoms with E-state index in [2.05, 4.69) is 18.9 Å². The maximum Gasteiger partial charge on any atom is 0.0593 e. The van der Waals surface area contributed by atoms with E-state index in [9.17, 15) is 0 Å². The van der Waals surface area contributed by atoms with Gasteiger partial charge in [0, 0.05) is 25.2 Å². The number of rotatable bonds is 5. The summed E-state index contributed by atoms with van der Waals surface area (Å²) in [6.07, 6.45) is 3.70. The van der Waals surface area contributed by atoms with E-state index in [1.807, 2.05) is 6.92 Å². The first kappa shape index (κ1) is 12.9. The lowest BCUT2D eigenvalue weighted by atomic mass is 9.83. The number of nitrogens with two attached hydrogens (primary N) is 1. The summed E-state index contributed by atoms with van der Waals surface area (Å²) in [5.74, 6) is 0.823. The number of hydrogen-bond acceptors (Lipinski definition) is 3. The van der Waals surface area contributed by atoms with Gasteiger partial charge in [-0.15, -0.1) is 0 Å². The minimum absolute atomic E-state index is 0.354. The molecule has 0 saturated heterocycles. The van der Waals surface area contributed by atoms with Gasteiger partial charge in [0.2, 0.25) is 0 Å². The molecule has 0 radical (unpaired) electrons. The Morgan fingerprint density at radius 3 is 2.80 bits per heavy atom. The molecule has 90 valence electrons. The first-order valence-corrected chi connectivity index (χ1v) is 6.18. The third kappa shape index (κ3) is 4.09. The first-order valence-electron chi connectivity index (χ1n) is 6.18. The maximum atomic E-state index is 6.16. The van der Waals surface area contributed by atoms with Crippen LogP contribution in [0.3, 0.4) is 0 Å². The van der Waals surface area contributed by atoms with Crippen molar-refractivity contribution in [1.29, 1.82) is 0 Å². The summed E-state index contributed by atoms with van der Waals surface area (Å²) in [7, 11) is 2.17. The number of likely N-dealkylation sites (N-methyl/N-ethyl adjacent to an activating group) is 1. The van der Waals surface area contributed by atoms with Crippen LogP contribution < -0.4 is 5.73 Å². The zero-order chi connectivity index (χ0) is 11.3. The lowest BCUT2D eigenvalue weighted by molar-refractivity contribution is 0.0828. The summed E-state index contributed by atoms with van der Waals surface area (Å²) in [6.45, 7) is 6.99. The van der Waals surface area contributed by atoms with Gasteiger partial charge in [0.05, 0.1) is 6.61 Å². The molecule has 15 heavy (non-hydrogen) atoms. The van der Waals surface area contributed by atoms with Crippen LogP contribution in [0.4, 0.5) is 0 Å². The van der Waals surface area contributed by atoms with Crippen molar-refractivity contribution in [2.24, 2.45) is 11.7 Å². The molecule has 2 N–H and O–H groups in total. The molecule has 1 aliphatic carbocycles. The number of ether oxygens (including phenoxy) is 1. The molecule has 0 amide bonds. The number of nitrogens with zero attached hydrogens (tertiary/aromatic N) is 1. The molecule has 3 unspecified atom stereocenters. The van der Waals surface area contributed by atoms with Gasteiger partial charge in [-0.2, -0.15) is 0 Å². The zero-order valence-electron chi connectivity index (χ0n) is 10.4. The Hall–Kier alpha value is -0.120. The van der Waals surface area contributed by atoms with Crippen LogP contribution in [0.5, 0.6) is 0 Å². The summed E-state index contributed by atoms with van der Waals surface area (Å²) >= 11 is 0. The van der Waals surface area contributed by atoms with Crippen molar-refractivity contribution in [3.8, 4) is 0 Å². The first-order chi connectivity index (χ1) is 7.15. The van der Waals surface area contributed by atoms with Crippen LogP contribution >= 0.6 is 0 Å². The average Bonchev–Trinajstić information content (AvgIpc) is 2.22. The molecule has 3 heteroatoms. The maximum absolute atomic E-state index is 6.16. The third-order valence-electron chi connectivity index (χ3n) is 3.49. The van der Waals surface area contributed by atoms with E-state index < -0.39 is 0 Å². The van der Waals surface area contributed by atoms with Crippen LogP contribution in [0.2, 0.25) is 0 Å². The van der Waals surface area contributed by atoms with Gasteiger partial charge >= 0.3 is 0 Å². The molecule has 0 spiro atoms. The van der Waals surface area contributed by atoms with E-state index in [1.165, 1.54) is 19.3 Å². The van der Waals surface area contributed by atoms with Crippen LogP contribution in [-0.2, 0) is 4.74 Å². The van der Waals surface area contributed by atoms with Crippen LogP contribution in [-0.4, -0.2) is 43.8 Å². The molecule has 0 bridgehead atoms. The van der Waals surface area contributed by atoms with Crippen LogP contribution in [0.1, 0.15) is 33.1 Å². The predicted molar refractivity (Wildman–Crippen MR) is 63.9 cm³/mol. The standard InChI is InChI=1S/C12H26N2O/c1-4-15-8-7-14(3)12-9-10(2)5-6-11(12)13/h10-12H,4-9,13H2,1-3H3. The second kappa shape index (κ2) is 6.46. The summed E-state index contributed by atoms with van der Waals surface area (Å²) in [6, 6.07) is 0.905. The summed E-state index contributed by atoms with van der Waals surface area (Å²) in [5.41, 5.74) is 6.16. The lowest BCUT2D eigenvalue weighted by Gasteiger charge is -2.38. The van der Waals surface area contributed by atoms with Gasteiger partial charge in [-0.05, 0) is 39.2 Å². The minimum atomic E-state index is 0.354. The fraction of sp³-hybridized carbons (Fsp3) is 1.00. The highest BCUT2D eigenvalue weighted by atomic mass is 16.5. The second-order valence-electron chi connectivity index (χ2n) is 4.83. The van der Waals surface area contributed by atoms with Crippen LogP contribution in [0.15, 0.2) is 0 Å². The molecule has 1 aliphatic rings. The molecule has 0 aliphatic heterocycles. The third-order valence-corrected chi connectivity index (χ3v) is 3.49. The van der Waals surface area contributed by atoms with E-state index in [0.29, 0.717) is 12.1 Å². The summed E-state index contributed by atoms with van der Waals surface area (Å²) < 4.78 is 5.37. The van der Waals surface area contributed by atoms with Crippen molar-refractivity contribution in [3.05, 3.63) is 0 Å². The van der Waals surface area contributed by atoms with Crippen molar-refractivity contribution in [2.75, 3.05) is 26.8 Å². The fourth-order valence-electron chi connectivity index (χ4n) is 2.40. The van der Waals surface area contributed by atoms with Gasteiger partial charge in [0.15, 0.2) is 0 Å². The SMILES string of the molecule is CCOCCN(C)C1CC(C)CCC1N. The van der Waals surface area contributed by atoms with Gasteiger partial charge in [0.1, 0.15) is 0 Å². The zero-order valence-corrected chi connectivity index (χ0v) is 10.4. The molecule has 3 nitrogen and oxygen atoms in total. The van der Waals surface area contributed by atoms with E-state index in [1.54, 1.807) is 0 Å². The van der Waals surface area contributed by atoms with E-state index in [4.69, 9.17) is 10.5 Å². The smallest absolute Gasteiger partial charge is 0.0593 e. The molecule has 1 saturated carbocycles. The van der Waals surface area contributed by atoms with Crippen molar-refractivity contribution in [2.45, 2.75) is 45.2 Å². The number of hydrogen-bond donors (Lipinski definition) is 1. The molecule has 3 atom stereocenters. The highest BCUT2D eigenvalue weighted by Gasteiger charge is 2.28. The Labute approximate surface area is 94.0 Å². The Kier molecular flexibility index (Phi) is 5.58. The Balaban J connectivity index is 2.32. The summed E-state index contributed by atoms with van der Waals surface area (Å²) in [5, 5.41) is 0. The topological polar surface area (TPSA) is 38.5 Å². The Morgan fingerprint density at radius 1 is 1.40 bits per heavy atom. The predicted octanol–water partition coefficient (Wildman–Crippen LogP) is 1.47. The Bertz CT molecular complexity index is 175.